The molecule has 1 aromatic heterocycles. The Morgan fingerprint density at radius 2 is 1.67 bits per heavy atom. The third-order valence-corrected chi connectivity index (χ3v) is 4.22. The van der Waals surface area contributed by atoms with E-state index in [0.29, 0.717) is 0 Å². The smallest absolute Gasteiger partial charge is 0.186 e. The molecule has 0 spiro atoms. The lowest BCUT2D eigenvalue weighted by Gasteiger charge is -2.22. The maximum Gasteiger partial charge on any atom is 0.186 e. The van der Waals surface area contributed by atoms with Crippen molar-refractivity contribution < 1.29 is 0 Å². The highest BCUT2D eigenvalue weighted by atomic mass is 32.1. The van der Waals surface area contributed by atoms with Crippen molar-refractivity contribution in [1.82, 2.24) is 4.98 Å². The van der Waals surface area contributed by atoms with Gasteiger partial charge >= 0.3 is 0 Å². The predicted molar refractivity (Wildman–Crippen MR) is 75.4 cm³/mol. The molecule has 0 amide bonds. The second-order valence-corrected chi connectivity index (χ2v) is 5.93. The van der Waals surface area contributed by atoms with Gasteiger partial charge in [0, 0.05) is 0 Å². The summed E-state index contributed by atoms with van der Waals surface area (Å²) >= 11 is 1.62. The van der Waals surface area contributed by atoms with Crippen LogP contribution in [-0.4, -0.2) is 10.6 Å². The third-order valence-electron chi connectivity index (χ3n) is 3.52. The number of rotatable bonds is 8. The summed E-state index contributed by atoms with van der Waals surface area (Å²) in [7, 11) is 0. The summed E-state index contributed by atoms with van der Waals surface area (Å²) in [4.78, 5) is 14.0. The molecule has 0 saturated heterocycles. The molecule has 4 heteroatoms. The minimum absolute atomic E-state index is 0.167. The van der Waals surface area contributed by atoms with E-state index >= 15 is 0 Å². The number of unbranched alkanes of at least 4 members (excludes halogenated alkanes) is 4. The van der Waals surface area contributed by atoms with E-state index < -0.39 is 0 Å². The van der Waals surface area contributed by atoms with Gasteiger partial charge < -0.3 is 0 Å². The number of hydrogen-bond donors (Lipinski definition) is 0. The fraction of sp³-hybridized carbons (Fsp3) is 0.786. The third kappa shape index (κ3) is 3.16. The zero-order chi connectivity index (χ0) is 12.8. The molecule has 0 N–H and O–H groups in total. The van der Waals surface area contributed by atoms with Gasteiger partial charge in [-0.15, -0.1) is 11.3 Å². The van der Waals surface area contributed by atoms with E-state index in [-0.39, 0.29) is 5.66 Å². The highest BCUT2D eigenvalue weighted by Crippen LogP contribution is 2.28. The summed E-state index contributed by atoms with van der Waals surface area (Å²) in [5, 5.41) is 0. The van der Waals surface area contributed by atoms with Crippen molar-refractivity contribution in [1.29, 1.82) is 0 Å². The maximum absolute atomic E-state index is 4.88. The molecule has 18 heavy (non-hydrogen) atoms. The summed E-state index contributed by atoms with van der Waals surface area (Å²) in [5.41, 5.74) is 2.56. The van der Waals surface area contributed by atoms with Gasteiger partial charge in [-0.05, 0) is 25.7 Å². The molecule has 3 nitrogen and oxygen atoms in total. The van der Waals surface area contributed by atoms with Crippen LogP contribution in [0.15, 0.2) is 15.5 Å². The molecule has 0 saturated carbocycles. The highest BCUT2D eigenvalue weighted by molar-refractivity contribution is 7.06. The Kier molecular flexibility index (Phi) is 4.87. The number of nitrogens with zero attached hydrogens (tertiary/aromatic N) is 3. The number of fused-ring (bicyclic) bond motifs is 1. The molecule has 0 fully saturated rings. The monoisotopic (exact) mass is 265 g/mol. The van der Waals surface area contributed by atoms with E-state index in [1.807, 2.05) is 5.51 Å². The molecule has 0 aromatic carbocycles. The van der Waals surface area contributed by atoms with Gasteiger partial charge in [0.1, 0.15) is 0 Å². The molecule has 0 bridgehead atoms. The summed E-state index contributed by atoms with van der Waals surface area (Å²) in [5.74, 6) is 0. The summed E-state index contributed by atoms with van der Waals surface area (Å²) in [6.07, 6.45) is 9.70. The van der Waals surface area contributed by atoms with Crippen LogP contribution in [0.1, 0.15) is 65.2 Å². The topological polar surface area (TPSA) is 37.6 Å². The van der Waals surface area contributed by atoms with E-state index in [4.69, 9.17) is 9.98 Å². The normalized spacial score (nSPS) is 16.1. The molecule has 0 radical (unpaired) electrons. The van der Waals surface area contributed by atoms with E-state index in [1.165, 1.54) is 38.5 Å². The first kappa shape index (κ1) is 13.7. The first-order valence-electron chi connectivity index (χ1n) is 7.19. The van der Waals surface area contributed by atoms with Gasteiger partial charge in [-0.25, -0.2) is 15.0 Å². The average Bonchev–Trinajstić information content (AvgIpc) is 2.89. The molecule has 0 atom stereocenters. The number of aromatic nitrogens is 1. The first-order valence-corrected chi connectivity index (χ1v) is 8.07. The lowest BCUT2D eigenvalue weighted by atomic mass is 9.96. The Hall–Kier alpha value is -0.770. The second kappa shape index (κ2) is 6.41. The predicted octanol–water partition coefficient (Wildman–Crippen LogP) is 3.25. The summed E-state index contributed by atoms with van der Waals surface area (Å²) in [6, 6.07) is 0. The van der Waals surface area contributed by atoms with E-state index in [2.05, 4.69) is 18.8 Å². The average molecular weight is 265 g/mol. The van der Waals surface area contributed by atoms with Gasteiger partial charge in [0.2, 0.25) is 0 Å². The quantitative estimate of drug-likeness (QED) is 0.665. The fourth-order valence-electron chi connectivity index (χ4n) is 2.46. The van der Waals surface area contributed by atoms with E-state index in [1.54, 1.807) is 11.3 Å². The zero-order valence-corrected chi connectivity index (χ0v) is 12.3. The number of thiazole rings is 1. The van der Waals surface area contributed by atoms with Crippen molar-refractivity contribution in [2.45, 2.75) is 70.9 Å². The van der Waals surface area contributed by atoms with Crippen LogP contribution in [0.4, 0.5) is 0 Å². The van der Waals surface area contributed by atoms with Crippen molar-refractivity contribution in [3.8, 4) is 0 Å². The van der Waals surface area contributed by atoms with Crippen LogP contribution in [0.5, 0.6) is 0 Å². The van der Waals surface area contributed by atoms with Gasteiger partial charge in [0.05, 0.1) is 5.51 Å². The molecule has 0 unspecified atom stereocenters. The van der Waals surface area contributed by atoms with Crippen LogP contribution in [0, 0.1) is 0 Å². The second-order valence-electron chi connectivity index (χ2n) is 5.10. The van der Waals surface area contributed by atoms with Gasteiger partial charge in [0.25, 0.3) is 0 Å². The van der Waals surface area contributed by atoms with Crippen LogP contribution in [0.2, 0.25) is 0 Å². The van der Waals surface area contributed by atoms with Crippen molar-refractivity contribution in [3.05, 3.63) is 15.7 Å². The van der Waals surface area contributed by atoms with E-state index in [9.17, 15) is 0 Å². The largest absolute Gasteiger partial charge is 0.241 e. The Labute approximate surface area is 113 Å². The summed E-state index contributed by atoms with van der Waals surface area (Å²) < 4.78 is 1.04. The number of hydrogen-bond acceptors (Lipinski definition) is 4. The highest BCUT2D eigenvalue weighted by Gasteiger charge is 2.30. The Morgan fingerprint density at radius 1 is 1.00 bits per heavy atom. The Balaban J connectivity index is 2.06. The van der Waals surface area contributed by atoms with Gasteiger partial charge in [-0.1, -0.05) is 39.5 Å². The molecular weight excluding hydrogens is 242 g/mol. The van der Waals surface area contributed by atoms with Crippen molar-refractivity contribution in [2.24, 2.45) is 9.98 Å². The van der Waals surface area contributed by atoms with Gasteiger partial charge in [-0.2, -0.15) is 0 Å². The van der Waals surface area contributed by atoms with Crippen molar-refractivity contribution >= 4 is 11.3 Å². The van der Waals surface area contributed by atoms with Crippen LogP contribution in [-0.2, 0) is 0 Å². The van der Waals surface area contributed by atoms with Crippen LogP contribution in [0.25, 0.3) is 0 Å². The SMILES string of the molecule is CCCCCC1(CCCCC)N=c2ncsc2=N1. The lowest BCUT2D eigenvalue weighted by molar-refractivity contribution is 0.352. The molecule has 1 aliphatic rings. The van der Waals surface area contributed by atoms with Crippen molar-refractivity contribution in [3.63, 3.8) is 0 Å². The van der Waals surface area contributed by atoms with Crippen LogP contribution in [0.3, 0.4) is 0 Å². The molecular formula is C14H23N3S. The molecule has 2 rings (SSSR count). The molecule has 100 valence electrons. The molecule has 2 heterocycles. The van der Waals surface area contributed by atoms with Crippen molar-refractivity contribution in [2.75, 3.05) is 0 Å². The molecule has 1 aliphatic heterocycles. The minimum atomic E-state index is -0.167. The van der Waals surface area contributed by atoms with E-state index in [0.717, 1.165) is 23.0 Å². The summed E-state index contributed by atoms with van der Waals surface area (Å²) in [6.45, 7) is 4.48. The molecule has 1 aromatic rings. The van der Waals surface area contributed by atoms with Gasteiger partial charge in [-0.3, -0.25) is 0 Å². The Bertz CT molecular complexity index is 435. The molecule has 0 aliphatic carbocycles. The maximum atomic E-state index is 4.88. The fourth-order valence-corrected chi connectivity index (χ4v) is 3.14. The first-order chi connectivity index (χ1) is 8.79. The van der Waals surface area contributed by atoms with Crippen LogP contribution < -0.4 is 10.2 Å². The van der Waals surface area contributed by atoms with Crippen LogP contribution >= 0.6 is 11.3 Å². The lowest BCUT2D eigenvalue weighted by Crippen LogP contribution is -2.23. The minimum Gasteiger partial charge on any atom is -0.241 e. The van der Waals surface area contributed by atoms with Gasteiger partial charge in [0.15, 0.2) is 15.8 Å². The zero-order valence-electron chi connectivity index (χ0n) is 11.5. The Morgan fingerprint density at radius 3 is 2.22 bits per heavy atom. The standard InChI is InChI=1S/C14H23N3S/c1-3-5-7-9-14(10-8-6-4-2)16-12-13(17-14)18-11-15-12/h11H,3-10H2,1-2H3.